The van der Waals surface area contributed by atoms with Crippen molar-refractivity contribution in [1.82, 2.24) is 20.2 Å². The van der Waals surface area contributed by atoms with Gasteiger partial charge in [0.05, 0.1) is 16.9 Å². The maximum Gasteiger partial charge on any atom is 0.210 e. The maximum atomic E-state index is 13.8. The number of benzene rings is 1. The predicted molar refractivity (Wildman–Crippen MR) is 85.9 cm³/mol. The molecule has 1 aromatic carbocycles. The van der Waals surface area contributed by atoms with Crippen LogP contribution < -0.4 is 0 Å². The third-order valence-electron chi connectivity index (χ3n) is 4.23. The van der Waals surface area contributed by atoms with Gasteiger partial charge in [-0.2, -0.15) is 0 Å². The van der Waals surface area contributed by atoms with Crippen LogP contribution in [0.3, 0.4) is 0 Å². The van der Waals surface area contributed by atoms with Crippen molar-refractivity contribution in [1.29, 1.82) is 0 Å². The summed E-state index contributed by atoms with van der Waals surface area (Å²) in [6, 6.07) is 3.23. The zero-order valence-corrected chi connectivity index (χ0v) is 14.1. The van der Waals surface area contributed by atoms with Crippen LogP contribution in [0, 0.1) is 11.6 Å². The van der Waals surface area contributed by atoms with E-state index in [1.165, 1.54) is 24.2 Å². The highest BCUT2D eigenvalue weighted by Crippen LogP contribution is 2.32. The minimum Gasteiger partial charge on any atom is -0.293 e. The molecular formula is C16H18F2N4OS. The van der Waals surface area contributed by atoms with E-state index in [2.05, 4.69) is 15.5 Å². The molecule has 0 spiro atoms. The molecule has 5 nitrogen and oxygen atoms in total. The van der Waals surface area contributed by atoms with Crippen molar-refractivity contribution in [3.63, 3.8) is 0 Å². The van der Waals surface area contributed by atoms with E-state index in [1.54, 1.807) is 11.6 Å². The van der Waals surface area contributed by atoms with E-state index in [-0.39, 0.29) is 11.6 Å². The molecule has 1 atom stereocenters. The first-order chi connectivity index (χ1) is 11.6. The summed E-state index contributed by atoms with van der Waals surface area (Å²) >= 11 is 1.20. The standard InChI is InChI=1S/C16H18F2N4OS/c1-10(15(23)13-8-7-11(17)9-14(13)18)24-16-19-20-21-22(16)12-5-3-2-4-6-12/h7-10,12H,2-6H2,1H3. The van der Waals surface area contributed by atoms with Crippen LogP contribution >= 0.6 is 11.8 Å². The van der Waals surface area contributed by atoms with Gasteiger partial charge in [0.15, 0.2) is 5.78 Å². The molecular weight excluding hydrogens is 334 g/mol. The molecule has 0 bridgehead atoms. The van der Waals surface area contributed by atoms with Gasteiger partial charge in [0.25, 0.3) is 0 Å². The minimum atomic E-state index is -0.848. The molecule has 0 radical (unpaired) electrons. The van der Waals surface area contributed by atoms with Crippen molar-refractivity contribution in [2.75, 3.05) is 0 Å². The summed E-state index contributed by atoms with van der Waals surface area (Å²) in [6.07, 6.45) is 5.55. The van der Waals surface area contributed by atoms with Gasteiger partial charge in [-0.15, -0.1) is 5.10 Å². The van der Waals surface area contributed by atoms with E-state index in [0.29, 0.717) is 5.16 Å². The highest BCUT2D eigenvalue weighted by atomic mass is 32.2. The summed E-state index contributed by atoms with van der Waals surface area (Å²) in [5, 5.41) is 11.8. The fraction of sp³-hybridized carbons (Fsp3) is 0.500. The van der Waals surface area contributed by atoms with Crippen LogP contribution in [0.15, 0.2) is 23.4 Å². The summed E-state index contributed by atoms with van der Waals surface area (Å²) in [4.78, 5) is 12.4. The molecule has 1 aliphatic carbocycles. The zero-order chi connectivity index (χ0) is 17.1. The summed E-state index contributed by atoms with van der Waals surface area (Å²) in [7, 11) is 0. The van der Waals surface area contributed by atoms with Crippen molar-refractivity contribution in [2.45, 2.75) is 55.5 Å². The van der Waals surface area contributed by atoms with Crippen molar-refractivity contribution in [3.05, 3.63) is 35.4 Å². The first-order valence-electron chi connectivity index (χ1n) is 8.00. The lowest BCUT2D eigenvalue weighted by molar-refractivity contribution is 0.0990. The Kier molecular flexibility index (Phi) is 5.23. The predicted octanol–water partition coefficient (Wildman–Crippen LogP) is 3.82. The van der Waals surface area contributed by atoms with E-state index in [0.717, 1.165) is 37.8 Å². The third kappa shape index (κ3) is 3.63. The first-order valence-corrected chi connectivity index (χ1v) is 8.88. The Labute approximate surface area is 142 Å². The second-order valence-electron chi connectivity index (χ2n) is 5.95. The second-order valence-corrected chi connectivity index (χ2v) is 7.25. The molecule has 24 heavy (non-hydrogen) atoms. The summed E-state index contributed by atoms with van der Waals surface area (Å²) in [6.45, 7) is 1.68. The monoisotopic (exact) mass is 352 g/mol. The number of halogens is 2. The van der Waals surface area contributed by atoms with Crippen LogP contribution in [-0.4, -0.2) is 31.2 Å². The van der Waals surface area contributed by atoms with Crippen LogP contribution in [-0.2, 0) is 0 Å². The molecule has 1 aliphatic rings. The maximum absolute atomic E-state index is 13.8. The Hall–Kier alpha value is -1.83. The Balaban J connectivity index is 1.74. The van der Waals surface area contributed by atoms with Crippen LogP contribution in [0.1, 0.15) is 55.4 Å². The van der Waals surface area contributed by atoms with Gasteiger partial charge in [-0.3, -0.25) is 4.79 Å². The molecule has 8 heteroatoms. The number of ketones is 1. The van der Waals surface area contributed by atoms with Crippen LogP contribution in [0.2, 0.25) is 0 Å². The fourth-order valence-corrected chi connectivity index (χ4v) is 3.87. The number of Topliss-reactive ketones (excluding diaryl/α,β-unsaturated/α-hetero) is 1. The van der Waals surface area contributed by atoms with E-state index in [4.69, 9.17) is 0 Å². The van der Waals surface area contributed by atoms with E-state index < -0.39 is 22.7 Å². The smallest absolute Gasteiger partial charge is 0.210 e. The zero-order valence-electron chi connectivity index (χ0n) is 13.3. The topological polar surface area (TPSA) is 60.7 Å². The van der Waals surface area contributed by atoms with Gasteiger partial charge in [-0.25, -0.2) is 13.5 Å². The van der Waals surface area contributed by atoms with Gasteiger partial charge in [0.1, 0.15) is 11.6 Å². The van der Waals surface area contributed by atoms with E-state index in [9.17, 15) is 13.6 Å². The van der Waals surface area contributed by atoms with Gasteiger partial charge < -0.3 is 0 Å². The van der Waals surface area contributed by atoms with Crippen molar-refractivity contribution in [2.24, 2.45) is 0 Å². The van der Waals surface area contributed by atoms with Crippen LogP contribution in [0.4, 0.5) is 8.78 Å². The van der Waals surface area contributed by atoms with Crippen molar-refractivity contribution >= 4 is 17.5 Å². The third-order valence-corrected chi connectivity index (χ3v) is 5.28. The van der Waals surface area contributed by atoms with E-state index >= 15 is 0 Å². The molecule has 0 amide bonds. The Morgan fingerprint density at radius 1 is 1.29 bits per heavy atom. The number of thioether (sulfide) groups is 1. The average Bonchev–Trinajstić information content (AvgIpc) is 3.03. The number of nitrogens with zero attached hydrogens (tertiary/aromatic N) is 4. The normalized spacial score (nSPS) is 17.0. The summed E-state index contributed by atoms with van der Waals surface area (Å²) in [5.41, 5.74) is -0.118. The number of rotatable bonds is 5. The highest BCUT2D eigenvalue weighted by molar-refractivity contribution is 8.00. The Bertz CT molecular complexity index is 731. The molecule has 2 aromatic rings. The van der Waals surface area contributed by atoms with Crippen LogP contribution in [0.25, 0.3) is 0 Å². The lowest BCUT2D eigenvalue weighted by Crippen LogP contribution is -2.19. The summed E-state index contributed by atoms with van der Waals surface area (Å²) in [5.74, 6) is -1.96. The molecule has 1 unspecified atom stereocenters. The molecule has 1 fully saturated rings. The number of hydrogen-bond acceptors (Lipinski definition) is 5. The van der Waals surface area contributed by atoms with Gasteiger partial charge in [-0.05, 0) is 42.3 Å². The van der Waals surface area contributed by atoms with Gasteiger partial charge >= 0.3 is 0 Å². The van der Waals surface area contributed by atoms with E-state index in [1.807, 2.05) is 0 Å². The minimum absolute atomic E-state index is 0.118. The first kappa shape index (κ1) is 17.0. The van der Waals surface area contributed by atoms with Crippen molar-refractivity contribution < 1.29 is 13.6 Å². The number of carbonyl (C=O) groups is 1. The Morgan fingerprint density at radius 3 is 2.75 bits per heavy atom. The van der Waals surface area contributed by atoms with Crippen LogP contribution in [0.5, 0.6) is 0 Å². The molecule has 0 N–H and O–H groups in total. The number of aromatic nitrogens is 4. The molecule has 0 aliphatic heterocycles. The molecule has 3 rings (SSSR count). The lowest BCUT2D eigenvalue weighted by Gasteiger charge is -2.22. The number of tetrazole rings is 1. The van der Waals surface area contributed by atoms with Gasteiger partial charge in [-0.1, -0.05) is 31.0 Å². The molecule has 128 valence electrons. The number of carbonyl (C=O) groups excluding carboxylic acids is 1. The highest BCUT2D eigenvalue weighted by Gasteiger charge is 2.25. The molecule has 1 saturated carbocycles. The van der Waals surface area contributed by atoms with Gasteiger partial charge in [0, 0.05) is 6.07 Å². The SMILES string of the molecule is CC(Sc1nnnn1C1CCCCC1)C(=O)c1ccc(F)cc1F. The quantitative estimate of drug-likeness (QED) is 0.605. The fourth-order valence-electron chi connectivity index (χ4n) is 2.94. The lowest BCUT2D eigenvalue weighted by atomic mass is 9.96. The largest absolute Gasteiger partial charge is 0.293 e. The van der Waals surface area contributed by atoms with Crippen molar-refractivity contribution in [3.8, 4) is 0 Å². The molecule has 1 heterocycles. The average molecular weight is 352 g/mol. The Morgan fingerprint density at radius 2 is 2.04 bits per heavy atom. The number of hydrogen-bond donors (Lipinski definition) is 0. The summed E-state index contributed by atoms with van der Waals surface area (Å²) < 4.78 is 28.6. The molecule has 0 saturated heterocycles. The van der Waals surface area contributed by atoms with Gasteiger partial charge in [0.2, 0.25) is 5.16 Å². The molecule has 1 aromatic heterocycles. The second kappa shape index (κ2) is 7.38.